The number of ether oxygens (including phenoxy) is 1. The van der Waals surface area contributed by atoms with Gasteiger partial charge in [0, 0.05) is 11.3 Å². The van der Waals surface area contributed by atoms with Gasteiger partial charge in [0.15, 0.2) is 5.69 Å². The molecule has 0 fully saturated rings. The molecule has 0 aliphatic heterocycles. The van der Waals surface area contributed by atoms with E-state index in [-0.39, 0.29) is 5.82 Å². The van der Waals surface area contributed by atoms with Gasteiger partial charge in [-0.05, 0) is 12.1 Å². The van der Waals surface area contributed by atoms with Crippen LogP contribution in [0.5, 0.6) is 5.75 Å². The number of carbonyl (C=O) groups is 1. The van der Waals surface area contributed by atoms with Gasteiger partial charge in [0.25, 0.3) is 5.56 Å². The van der Waals surface area contributed by atoms with Gasteiger partial charge in [-0.25, -0.2) is 9.78 Å². The number of nitrogens with two attached hydrogens (primary N) is 1. The first-order chi connectivity index (χ1) is 9.02. The van der Waals surface area contributed by atoms with E-state index < -0.39 is 23.0 Å². The highest BCUT2D eigenvalue weighted by molar-refractivity contribution is 5.90. The van der Waals surface area contributed by atoms with Gasteiger partial charge in [-0.2, -0.15) is 0 Å². The van der Waals surface area contributed by atoms with Gasteiger partial charge in [-0.15, -0.1) is 0 Å². The van der Waals surface area contributed by atoms with E-state index in [1.807, 2.05) is 0 Å². The van der Waals surface area contributed by atoms with Crippen LogP contribution in [0.15, 0.2) is 29.1 Å². The average Bonchev–Trinajstić information content (AvgIpc) is 2.40. The maximum atomic E-state index is 11.6. The molecule has 7 heteroatoms. The minimum Gasteiger partial charge on any atom is -0.501 e. The van der Waals surface area contributed by atoms with Crippen molar-refractivity contribution < 1.29 is 14.6 Å². The van der Waals surface area contributed by atoms with Gasteiger partial charge in [0.2, 0.25) is 5.75 Å². The Labute approximate surface area is 107 Å². The lowest BCUT2D eigenvalue weighted by molar-refractivity contribution is 0.0590. The van der Waals surface area contributed by atoms with Crippen LogP contribution >= 0.6 is 0 Å². The van der Waals surface area contributed by atoms with Crippen LogP contribution < -0.4 is 11.3 Å². The van der Waals surface area contributed by atoms with Gasteiger partial charge < -0.3 is 20.6 Å². The van der Waals surface area contributed by atoms with E-state index >= 15 is 0 Å². The third-order valence-corrected chi connectivity index (χ3v) is 2.43. The molecule has 0 amide bonds. The van der Waals surface area contributed by atoms with Crippen LogP contribution in [0.1, 0.15) is 10.5 Å². The van der Waals surface area contributed by atoms with E-state index in [0.29, 0.717) is 11.3 Å². The van der Waals surface area contributed by atoms with E-state index in [9.17, 15) is 14.7 Å². The van der Waals surface area contributed by atoms with Crippen LogP contribution in [-0.2, 0) is 4.74 Å². The second-order valence-corrected chi connectivity index (χ2v) is 3.73. The minimum absolute atomic E-state index is 0.121. The Morgan fingerprint density at radius 3 is 2.84 bits per heavy atom. The van der Waals surface area contributed by atoms with Crippen molar-refractivity contribution in [2.45, 2.75) is 0 Å². The normalized spacial score (nSPS) is 10.2. The lowest BCUT2D eigenvalue weighted by Crippen LogP contribution is -2.16. The Hall–Kier alpha value is -2.83. The highest BCUT2D eigenvalue weighted by Gasteiger charge is 2.18. The number of esters is 1. The van der Waals surface area contributed by atoms with Crippen molar-refractivity contribution in [1.29, 1.82) is 0 Å². The van der Waals surface area contributed by atoms with E-state index in [0.717, 1.165) is 7.11 Å². The molecule has 0 saturated carbocycles. The van der Waals surface area contributed by atoms with Crippen molar-refractivity contribution >= 4 is 11.7 Å². The quantitative estimate of drug-likeness (QED) is 0.535. The molecule has 98 valence electrons. The predicted octanol–water partition coefficient (Wildman–Crippen LogP) is 0.511. The maximum absolute atomic E-state index is 11.6. The predicted molar refractivity (Wildman–Crippen MR) is 67.7 cm³/mol. The monoisotopic (exact) mass is 261 g/mol. The number of aromatic nitrogens is 2. The number of carbonyl (C=O) groups excluding carboxylic acids is 1. The summed E-state index contributed by atoms with van der Waals surface area (Å²) < 4.78 is 4.45. The number of aromatic hydroxyl groups is 1. The molecule has 4 N–H and O–H groups in total. The van der Waals surface area contributed by atoms with Crippen molar-refractivity contribution in [1.82, 2.24) is 9.97 Å². The zero-order valence-electron chi connectivity index (χ0n) is 10.0. The highest BCUT2D eigenvalue weighted by atomic mass is 16.5. The number of nitrogen functional groups attached to an aromatic ring is 1. The second kappa shape index (κ2) is 4.81. The van der Waals surface area contributed by atoms with Crippen LogP contribution in [0.2, 0.25) is 0 Å². The summed E-state index contributed by atoms with van der Waals surface area (Å²) in [5, 5.41) is 9.49. The zero-order chi connectivity index (χ0) is 14.0. The fraction of sp³-hybridized carbons (Fsp3) is 0.0833. The van der Waals surface area contributed by atoms with Gasteiger partial charge in [0.05, 0.1) is 7.11 Å². The number of H-pyrrole nitrogens is 1. The molecular weight excluding hydrogens is 250 g/mol. The molecule has 7 nitrogen and oxygen atoms in total. The van der Waals surface area contributed by atoms with Crippen molar-refractivity contribution in [3.05, 3.63) is 40.3 Å². The number of nitrogens with zero attached hydrogens (tertiary/aromatic N) is 1. The van der Waals surface area contributed by atoms with Crippen LogP contribution in [0.3, 0.4) is 0 Å². The molecule has 0 spiro atoms. The smallest absolute Gasteiger partial charge is 0.360 e. The number of nitrogens with one attached hydrogen (secondary N) is 1. The molecule has 0 aliphatic rings. The van der Waals surface area contributed by atoms with Gasteiger partial charge in [0.1, 0.15) is 5.82 Å². The summed E-state index contributed by atoms with van der Waals surface area (Å²) in [6.07, 6.45) is 0. The van der Waals surface area contributed by atoms with E-state index in [2.05, 4.69) is 14.7 Å². The molecule has 19 heavy (non-hydrogen) atoms. The van der Waals surface area contributed by atoms with Crippen molar-refractivity contribution in [2.75, 3.05) is 12.8 Å². The van der Waals surface area contributed by atoms with E-state index in [4.69, 9.17) is 5.73 Å². The van der Waals surface area contributed by atoms with Crippen LogP contribution in [0.25, 0.3) is 11.4 Å². The topological polar surface area (TPSA) is 118 Å². The van der Waals surface area contributed by atoms with E-state index in [1.54, 1.807) is 24.3 Å². The summed E-state index contributed by atoms with van der Waals surface area (Å²) in [5.74, 6) is -1.55. The zero-order valence-corrected chi connectivity index (χ0v) is 10.0. The van der Waals surface area contributed by atoms with Crippen molar-refractivity contribution in [2.24, 2.45) is 0 Å². The molecule has 1 aromatic carbocycles. The second-order valence-electron chi connectivity index (χ2n) is 3.73. The SMILES string of the molecule is COC(=O)c1nc(-c2cccc(N)c2)[nH]c(=O)c1O. The molecule has 0 bridgehead atoms. The summed E-state index contributed by atoms with van der Waals surface area (Å²) >= 11 is 0. The van der Waals surface area contributed by atoms with Crippen molar-refractivity contribution in [3.63, 3.8) is 0 Å². The molecule has 0 unspecified atom stereocenters. The van der Waals surface area contributed by atoms with Crippen molar-refractivity contribution in [3.8, 4) is 17.1 Å². The molecule has 1 aromatic heterocycles. The summed E-state index contributed by atoms with van der Waals surface area (Å²) in [7, 11) is 1.13. The highest BCUT2D eigenvalue weighted by Crippen LogP contribution is 2.19. The van der Waals surface area contributed by atoms with Crippen LogP contribution in [0, 0.1) is 0 Å². The molecule has 2 rings (SSSR count). The molecular formula is C12H11N3O4. The molecule has 0 atom stereocenters. The Balaban J connectivity index is 2.63. The molecule has 0 saturated heterocycles. The van der Waals surface area contributed by atoms with Crippen LogP contribution in [0.4, 0.5) is 5.69 Å². The lowest BCUT2D eigenvalue weighted by Gasteiger charge is -2.05. The number of anilines is 1. The van der Waals surface area contributed by atoms with E-state index in [1.165, 1.54) is 0 Å². The van der Waals surface area contributed by atoms with Crippen LogP contribution in [-0.4, -0.2) is 28.2 Å². The Morgan fingerprint density at radius 1 is 1.47 bits per heavy atom. The maximum Gasteiger partial charge on any atom is 0.360 e. The number of hydrogen-bond donors (Lipinski definition) is 3. The number of benzene rings is 1. The third kappa shape index (κ3) is 2.39. The Kier molecular flexibility index (Phi) is 3.19. The molecule has 0 radical (unpaired) electrons. The fourth-order valence-corrected chi connectivity index (χ4v) is 1.53. The average molecular weight is 261 g/mol. The minimum atomic E-state index is -0.895. The lowest BCUT2D eigenvalue weighted by atomic mass is 10.2. The fourth-order valence-electron chi connectivity index (χ4n) is 1.53. The first kappa shape index (κ1) is 12.6. The first-order valence-electron chi connectivity index (χ1n) is 5.30. The van der Waals surface area contributed by atoms with Gasteiger partial charge >= 0.3 is 5.97 Å². The Morgan fingerprint density at radius 2 is 2.21 bits per heavy atom. The Bertz CT molecular complexity index is 694. The molecule has 2 aromatic rings. The third-order valence-electron chi connectivity index (χ3n) is 2.43. The van der Waals surface area contributed by atoms with Gasteiger partial charge in [-0.1, -0.05) is 12.1 Å². The number of methoxy groups -OCH3 is 1. The summed E-state index contributed by atoms with van der Waals surface area (Å²) in [4.78, 5) is 29.2. The number of hydrogen-bond acceptors (Lipinski definition) is 6. The number of rotatable bonds is 2. The summed E-state index contributed by atoms with van der Waals surface area (Å²) in [6.45, 7) is 0. The largest absolute Gasteiger partial charge is 0.501 e. The summed E-state index contributed by atoms with van der Waals surface area (Å²) in [5.41, 5.74) is 5.36. The number of aromatic amines is 1. The van der Waals surface area contributed by atoms with Gasteiger partial charge in [-0.3, -0.25) is 4.79 Å². The summed E-state index contributed by atoms with van der Waals surface area (Å²) in [6, 6.07) is 6.59. The molecule has 1 heterocycles. The molecule has 0 aliphatic carbocycles. The standard InChI is InChI=1S/C12H11N3O4/c1-19-12(18)8-9(16)11(17)15-10(14-8)6-3-2-4-7(13)5-6/h2-5,16H,13H2,1H3,(H,14,15,17). The first-order valence-corrected chi connectivity index (χ1v) is 5.30.